The van der Waals surface area contributed by atoms with Crippen LogP contribution < -0.4 is 4.90 Å². The molecule has 1 fully saturated rings. The quantitative estimate of drug-likeness (QED) is 0.811. The summed E-state index contributed by atoms with van der Waals surface area (Å²) >= 11 is 0. The van der Waals surface area contributed by atoms with Crippen molar-refractivity contribution in [3.8, 4) is 0 Å². The van der Waals surface area contributed by atoms with E-state index < -0.39 is 6.04 Å². The highest BCUT2D eigenvalue weighted by Gasteiger charge is 2.44. The van der Waals surface area contributed by atoms with Gasteiger partial charge in [-0.15, -0.1) is 0 Å². The molecule has 1 atom stereocenters. The summed E-state index contributed by atoms with van der Waals surface area (Å²) in [6.45, 7) is 2.38. The number of imide groups is 1. The van der Waals surface area contributed by atoms with Crippen LogP contribution in [0.3, 0.4) is 0 Å². The number of carbonyl (C=O) groups is 2. The molecule has 4 heteroatoms. The van der Waals surface area contributed by atoms with Crippen molar-refractivity contribution in [3.05, 3.63) is 66.2 Å². The van der Waals surface area contributed by atoms with Crippen LogP contribution in [0.4, 0.5) is 10.5 Å². The number of carbonyl (C=O) groups excluding carboxylic acids is 2. The van der Waals surface area contributed by atoms with E-state index in [0.717, 1.165) is 5.56 Å². The van der Waals surface area contributed by atoms with Gasteiger partial charge in [0.25, 0.3) is 5.91 Å². The Balaban J connectivity index is 1.91. The highest BCUT2D eigenvalue weighted by atomic mass is 16.2. The predicted octanol–water partition coefficient (Wildman–Crippen LogP) is 3.43. The molecule has 1 aliphatic heterocycles. The molecule has 0 aliphatic carbocycles. The molecule has 0 aromatic heterocycles. The molecule has 0 radical (unpaired) electrons. The average molecular weight is 294 g/mol. The summed E-state index contributed by atoms with van der Waals surface area (Å²) < 4.78 is 0. The largest absolute Gasteiger partial charge is 0.332 e. The van der Waals surface area contributed by atoms with Gasteiger partial charge in [-0.05, 0) is 24.1 Å². The fourth-order valence-electron chi connectivity index (χ4n) is 2.81. The lowest BCUT2D eigenvalue weighted by Gasteiger charge is -2.20. The maximum Gasteiger partial charge on any atom is 0.332 e. The van der Waals surface area contributed by atoms with Crippen molar-refractivity contribution in [1.82, 2.24) is 4.90 Å². The standard InChI is InChI=1S/C18H18N2O2/c1-2-16-17(21)20(15-11-7-4-8-12-15)18(22)19(16)13-14-9-5-3-6-10-14/h3-12,16H,2,13H2,1H3. The summed E-state index contributed by atoms with van der Waals surface area (Å²) in [5, 5.41) is 0. The summed E-state index contributed by atoms with van der Waals surface area (Å²) in [6.07, 6.45) is 0.612. The highest BCUT2D eigenvalue weighted by molar-refractivity contribution is 6.21. The first-order valence-electron chi connectivity index (χ1n) is 7.46. The molecule has 0 spiro atoms. The Hall–Kier alpha value is -2.62. The maximum atomic E-state index is 12.7. The molecule has 4 nitrogen and oxygen atoms in total. The van der Waals surface area contributed by atoms with E-state index in [-0.39, 0.29) is 11.9 Å². The number of amides is 3. The second-order valence-corrected chi connectivity index (χ2v) is 5.33. The minimum absolute atomic E-state index is 0.144. The molecule has 112 valence electrons. The highest BCUT2D eigenvalue weighted by Crippen LogP contribution is 2.27. The Bertz CT molecular complexity index is 670. The van der Waals surface area contributed by atoms with Gasteiger partial charge >= 0.3 is 6.03 Å². The fraction of sp³-hybridized carbons (Fsp3) is 0.222. The first kappa shape index (κ1) is 14.3. The van der Waals surface area contributed by atoms with Gasteiger partial charge in [0, 0.05) is 6.54 Å². The third-order valence-electron chi connectivity index (χ3n) is 3.92. The number of hydrogen-bond donors (Lipinski definition) is 0. The van der Waals surface area contributed by atoms with Crippen molar-refractivity contribution in [2.75, 3.05) is 4.90 Å². The molecule has 2 aromatic carbocycles. The lowest BCUT2D eigenvalue weighted by atomic mass is 10.1. The molecule has 2 aromatic rings. The van der Waals surface area contributed by atoms with Crippen LogP contribution in [0, 0.1) is 0 Å². The Morgan fingerprint density at radius 1 is 0.909 bits per heavy atom. The average Bonchev–Trinajstić information content (AvgIpc) is 2.79. The first-order valence-corrected chi connectivity index (χ1v) is 7.46. The van der Waals surface area contributed by atoms with Gasteiger partial charge in [0.15, 0.2) is 0 Å². The van der Waals surface area contributed by atoms with E-state index in [4.69, 9.17) is 0 Å². The van der Waals surface area contributed by atoms with Crippen LogP contribution in [0.5, 0.6) is 0 Å². The Kier molecular flexibility index (Phi) is 3.92. The number of rotatable bonds is 4. The van der Waals surface area contributed by atoms with Crippen molar-refractivity contribution in [3.63, 3.8) is 0 Å². The van der Waals surface area contributed by atoms with E-state index in [1.165, 1.54) is 4.90 Å². The van der Waals surface area contributed by atoms with Crippen molar-refractivity contribution < 1.29 is 9.59 Å². The van der Waals surface area contributed by atoms with Gasteiger partial charge < -0.3 is 4.90 Å². The topological polar surface area (TPSA) is 40.6 Å². The summed E-state index contributed by atoms with van der Waals surface area (Å²) in [4.78, 5) is 28.3. The number of hydrogen-bond acceptors (Lipinski definition) is 2. The first-order chi connectivity index (χ1) is 10.7. The van der Waals surface area contributed by atoms with Crippen molar-refractivity contribution in [1.29, 1.82) is 0 Å². The summed E-state index contributed by atoms with van der Waals surface area (Å²) in [7, 11) is 0. The summed E-state index contributed by atoms with van der Waals surface area (Å²) in [5.41, 5.74) is 1.66. The minimum atomic E-state index is -0.395. The maximum absolute atomic E-state index is 12.7. The van der Waals surface area contributed by atoms with Gasteiger partial charge in [0.1, 0.15) is 6.04 Å². The van der Waals surface area contributed by atoms with Gasteiger partial charge in [-0.25, -0.2) is 9.69 Å². The zero-order chi connectivity index (χ0) is 15.5. The zero-order valence-corrected chi connectivity index (χ0v) is 12.5. The Labute approximate surface area is 130 Å². The third kappa shape index (κ3) is 2.48. The SMILES string of the molecule is CCC1C(=O)N(c2ccccc2)C(=O)N1Cc1ccccc1. The summed E-state index contributed by atoms with van der Waals surface area (Å²) in [6, 6.07) is 18.2. The molecule has 3 rings (SSSR count). The number of anilines is 1. The van der Waals surface area contributed by atoms with Crippen LogP contribution in [0.1, 0.15) is 18.9 Å². The van der Waals surface area contributed by atoms with E-state index in [1.54, 1.807) is 17.0 Å². The van der Waals surface area contributed by atoms with E-state index >= 15 is 0 Å². The normalized spacial score (nSPS) is 18.1. The molecule has 22 heavy (non-hydrogen) atoms. The fourth-order valence-corrected chi connectivity index (χ4v) is 2.81. The molecular weight excluding hydrogens is 276 g/mol. The monoisotopic (exact) mass is 294 g/mol. The molecule has 1 unspecified atom stereocenters. The van der Waals surface area contributed by atoms with E-state index in [2.05, 4.69) is 0 Å². The number of para-hydroxylation sites is 1. The molecular formula is C18H18N2O2. The van der Waals surface area contributed by atoms with Crippen molar-refractivity contribution in [2.45, 2.75) is 25.9 Å². The van der Waals surface area contributed by atoms with Crippen molar-refractivity contribution in [2.24, 2.45) is 0 Å². The smallest absolute Gasteiger partial charge is 0.308 e. The molecule has 1 aliphatic rings. The van der Waals surface area contributed by atoms with Crippen LogP contribution in [0.25, 0.3) is 0 Å². The van der Waals surface area contributed by atoms with Crippen LogP contribution in [0.15, 0.2) is 60.7 Å². The molecule has 0 N–H and O–H groups in total. The Morgan fingerprint density at radius 2 is 1.50 bits per heavy atom. The van der Waals surface area contributed by atoms with Crippen LogP contribution in [-0.4, -0.2) is 22.9 Å². The van der Waals surface area contributed by atoms with E-state index in [9.17, 15) is 9.59 Å². The molecule has 3 amide bonds. The molecule has 1 saturated heterocycles. The zero-order valence-electron chi connectivity index (χ0n) is 12.5. The number of nitrogens with zero attached hydrogens (tertiary/aromatic N) is 2. The van der Waals surface area contributed by atoms with Crippen LogP contribution in [-0.2, 0) is 11.3 Å². The van der Waals surface area contributed by atoms with Crippen LogP contribution >= 0.6 is 0 Å². The summed E-state index contributed by atoms with van der Waals surface area (Å²) in [5.74, 6) is -0.144. The lowest BCUT2D eigenvalue weighted by Crippen LogP contribution is -2.34. The molecule has 1 heterocycles. The number of benzene rings is 2. The number of urea groups is 1. The lowest BCUT2D eigenvalue weighted by molar-refractivity contribution is -0.119. The second kappa shape index (κ2) is 6.02. The van der Waals surface area contributed by atoms with Gasteiger partial charge in [-0.3, -0.25) is 4.79 Å². The van der Waals surface area contributed by atoms with Gasteiger partial charge in [-0.1, -0.05) is 55.5 Å². The van der Waals surface area contributed by atoms with E-state index in [0.29, 0.717) is 18.7 Å². The minimum Gasteiger partial charge on any atom is -0.308 e. The van der Waals surface area contributed by atoms with E-state index in [1.807, 2.05) is 55.5 Å². The van der Waals surface area contributed by atoms with Gasteiger partial charge in [-0.2, -0.15) is 0 Å². The van der Waals surface area contributed by atoms with Gasteiger partial charge in [0.2, 0.25) is 0 Å². The third-order valence-corrected chi connectivity index (χ3v) is 3.92. The molecule has 0 bridgehead atoms. The second-order valence-electron chi connectivity index (χ2n) is 5.33. The van der Waals surface area contributed by atoms with Gasteiger partial charge in [0.05, 0.1) is 5.69 Å². The van der Waals surface area contributed by atoms with Crippen molar-refractivity contribution >= 4 is 17.6 Å². The molecule has 0 saturated carbocycles. The Morgan fingerprint density at radius 3 is 2.09 bits per heavy atom. The van der Waals surface area contributed by atoms with Crippen LogP contribution in [0.2, 0.25) is 0 Å². The predicted molar refractivity (Wildman–Crippen MR) is 85.4 cm³/mol.